The third-order valence-corrected chi connectivity index (χ3v) is 2.56. The molecule has 1 rings (SSSR count). The average Bonchev–Trinajstić information content (AvgIpc) is 2.16. The lowest BCUT2D eigenvalue weighted by molar-refractivity contribution is 0.0737. The predicted octanol–water partition coefficient (Wildman–Crippen LogP) is 3.02. The number of rotatable bonds is 6. The van der Waals surface area contributed by atoms with E-state index in [2.05, 4.69) is 6.07 Å². The summed E-state index contributed by atoms with van der Waals surface area (Å²) in [5.41, 5.74) is 7.20. The molecular formula is C13H20ClNO. The highest BCUT2D eigenvalue weighted by molar-refractivity contribution is 6.30. The van der Waals surface area contributed by atoms with Crippen LogP contribution in [-0.4, -0.2) is 18.8 Å². The van der Waals surface area contributed by atoms with Crippen molar-refractivity contribution in [3.63, 3.8) is 0 Å². The molecule has 0 aliphatic carbocycles. The molecule has 0 amide bonds. The van der Waals surface area contributed by atoms with Gasteiger partial charge in [-0.2, -0.15) is 0 Å². The second-order valence-corrected chi connectivity index (χ2v) is 4.74. The van der Waals surface area contributed by atoms with Gasteiger partial charge in [-0.1, -0.05) is 23.7 Å². The summed E-state index contributed by atoms with van der Waals surface area (Å²) in [6, 6.07) is 7.98. The Morgan fingerprint density at radius 2 is 2.12 bits per heavy atom. The fourth-order valence-corrected chi connectivity index (χ4v) is 1.74. The first-order valence-electron chi connectivity index (χ1n) is 5.69. The monoisotopic (exact) mass is 241 g/mol. The van der Waals surface area contributed by atoms with Crippen LogP contribution in [0.4, 0.5) is 0 Å². The topological polar surface area (TPSA) is 35.2 Å². The van der Waals surface area contributed by atoms with Crippen LogP contribution in [0, 0.1) is 0 Å². The van der Waals surface area contributed by atoms with Gasteiger partial charge in [0.15, 0.2) is 0 Å². The summed E-state index contributed by atoms with van der Waals surface area (Å²) in [5.74, 6) is 0. The largest absolute Gasteiger partial charge is 0.379 e. The van der Waals surface area contributed by atoms with Gasteiger partial charge in [0.25, 0.3) is 0 Å². The average molecular weight is 242 g/mol. The van der Waals surface area contributed by atoms with E-state index in [0.29, 0.717) is 0 Å². The van der Waals surface area contributed by atoms with Crippen LogP contribution in [0.2, 0.25) is 5.02 Å². The Kier molecular flexibility index (Phi) is 5.81. The molecule has 0 aliphatic rings. The Labute approximate surface area is 103 Å². The fourth-order valence-electron chi connectivity index (χ4n) is 1.52. The van der Waals surface area contributed by atoms with E-state index >= 15 is 0 Å². The number of hydrogen-bond donors (Lipinski definition) is 1. The number of halogens is 1. The molecule has 0 bridgehead atoms. The van der Waals surface area contributed by atoms with Crippen molar-refractivity contribution in [2.24, 2.45) is 5.73 Å². The zero-order valence-corrected chi connectivity index (χ0v) is 10.7. The molecule has 1 aromatic carbocycles. The van der Waals surface area contributed by atoms with Crippen LogP contribution < -0.4 is 5.73 Å². The third-order valence-electron chi connectivity index (χ3n) is 2.33. The van der Waals surface area contributed by atoms with Gasteiger partial charge in [-0.15, -0.1) is 0 Å². The molecule has 1 unspecified atom stereocenters. The normalized spacial score (nSPS) is 13.1. The van der Waals surface area contributed by atoms with Crippen LogP contribution in [0.5, 0.6) is 0 Å². The standard InChI is InChI=1S/C13H20ClNO/c1-10(2)16-7-6-13(15)9-11-4-3-5-12(14)8-11/h3-5,8,10,13H,6-7,9,15H2,1-2H3. The molecule has 16 heavy (non-hydrogen) atoms. The Hall–Kier alpha value is -0.570. The summed E-state index contributed by atoms with van der Waals surface area (Å²) in [4.78, 5) is 0. The Balaban J connectivity index is 2.31. The highest BCUT2D eigenvalue weighted by atomic mass is 35.5. The molecule has 0 aromatic heterocycles. The Morgan fingerprint density at radius 1 is 1.38 bits per heavy atom. The van der Waals surface area contributed by atoms with Gasteiger partial charge >= 0.3 is 0 Å². The molecule has 0 fully saturated rings. The maximum Gasteiger partial charge on any atom is 0.0518 e. The van der Waals surface area contributed by atoms with Crippen LogP contribution >= 0.6 is 11.6 Å². The molecule has 90 valence electrons. The highest BCUT2D eigenvalue weighted by Gasteiger charge is 2.05. The second-order valence-electron chi connectivity index (χ2n) is 4.30. The van der Waals surface area contributed by atoms with Gasteiger partial charge in [0.1, 0.15) is 0 Å². The molecule has 2 N–H and O–H groups in total. The predicted molar refractivity (Wildman–Crippen MR) is 68.8 cm³/mol. The molecule has 1 atom stereocenters. The van der Waals surface area contributed by atoms with Crippen molar-refractivity contribution in [3.05, 3.63) is 34.9 Å². The Bertz CT molecular complexity index is 315. The van der Waals surface area contributed by atoms with Gasteiger partial charge in [0.05, 0.1) is 6.10 Å². The van der Waals surface area contributed by atoms with Crippen LogP contribution in [0.25, 0.3) is 0 Å². The highest BCUT2D eigenvalue weighted by Crippen LogP contribution is 2.12. The molecule has 1 aromatic rings. The van der Waals surface area contributed by atoms with E-state index in [1.54, 1.807) is 0 Å². The van der Waals surface area contributed by atoms with E-state index in [0.717, 1.165) is 24.5 Å². The molecule has 0 spiro atoms. The molecule has 3 heteroatoms. The van der Waals surface area contributed by atoms with Crippen molar-refractivity contribution in [2.45, 2.75) is 38.8 Å². The van der Waals surface area contributed by atoms with Crippen LogP contribution in [0.15, 0.2) is 24.3 Å². The van der Waals surface area contributed by atoms with Gasteiger partial charge in [0, 0.05) is 17.7 Å². The summed E-state index contributed by atoms with van der Waals surface area (Å²) in [5, 5.41) is 0.767. The van der Waals surface area contributed by atoms with Gasteiger partial charge < -0.3 is 10.5 Å². The summed E-state index contributed by atoms with van der Waals surface area (Å²) in [7, 11) is 0. The first-order valence-corrected chi connectivity index (χ1v) is 6.07. The lowest BCUT2D eigenvalue weighted by atomic mass is 10.0. The lowest BCUT2D eigenvalue weighted by Gasteiger charge is -2.13. The number of hydrogen-bond acceptors (Lipinski definition) is 2. The van der Waals surface area contributed by atoms with Gasteiger partial charge in [0.2, 0.25) is 0 Å². The minimum Gasteiger partial charge on any atom is -0.379 e. The summed E-state index contributed by atoms with van der Waals surface area (Å²) in [6.45, 7) is 4.78. The van der Waals surface area contributed by atoms with Gasteiger partial charge in [-0.25, -0.2) is 0 Å². The smallest absolute Gasteiger partial charge is 0.0518 e. The fraction of sp³-hybridized carbons (Fsp3) is 0.538. The summed E-state index contributed by atoms with van der Waals surface area (Å²) < 4.78 is 5.47. The molecule has 0 heterocycles. The first-order chi connectivity index (χ1) is 7.58. The van der Waals surface area contributed by atoms with Gasteiger partial charge in [-0.05, 0) is 44.4 Å². The number of ether oxygens (including phenoxy) is 1. The molecule has 0 saturated heterocycles. The molecule has 0 saturated carbocycles. The van der Waals surface area contributed by atoms with Crippen molar-refractivity contribution in [1.82, 2.24) is 0 Å². The molecule has 2 nitrogen and oxygen atoms in total. The quantitative estimate of drug-likeness (QED) is 0.831. The van der Waals surface area contributed by atoms with E-state index < -0.39 is 0 Å². The van der Waals surface area contributed by atoms with E-state index in [-0.39, 0.29) is 12.1 Å². The van der Waals surface area contributed by atoms with E-state index in [9.17, 15) is 0 Å². The van der Waals surface area contributed by atoms with Crippen molar-refractivity contribution >= 4 is 11.6 Å². The first kappa shape index (κ1) is 13.5. The maximum atomic E-state index is 6.02. The Morgan fingerprint density at radius 3 is 2.75 bits per heavy atom. The van der Waals surface area contributed by atoms with Crippen LogP contribution in [0.3, 0.4) is 0 Å². The van der Waals surface area contributed by atoms with E-state index in [4.69, 9.17) is 22.1 Å². The van der Waals surface area contributed by atoms with Crippen LogP contribution in [0.1, 0.15) is 25.8 Å². The van der Waals surface area contributed by atoms with Crippen molar-refractivity contribution in [3.8, 4) is 0 Å². The SMILES string of the molecule is CC(C)OCCC(N)Cc1cccc(Cl)c1. The third kappa shape index (κ3) is 5.50. The minimum absolute atomic E-state index is 0.136. The van der Waals surface area contributed by atoms with E-state index in [1.165, 1.54) is 5.56 Å². The zero-order valence-electron chi connectivity index (χ0n) is 9.95. The van der Waals surface area contributed by atoms with Crippen LogP contribution in [-0.2, 0) is 11.2 Å². The molecular weight excluding hydrogens is 222 g/mol. The van der Waals surface area contributed by atoms with Crippen molar-refractivity contribution < 1.29 is 4.74 Å². The second kappa shape index (κ2) is 6.89. The summed E-state index contributed by atoms with van der Waals surface area (Å²) >= 11 is 5.91. The van der Waals surface area contributed by atoms with E-state index in [1.807, 2.05) is 32.0 Å². The maximum absolute atomic E-state index is 6.02. The number of nitrogens with two attached hydrogens (primary N) is 1. The van der Waals surface area contributed by atoms with Gasteiger partial charge in [-0.3, -0.25) is 0 Å². The molecule has 0 aliphatic heterocycles. The lowest BCUT2D eigenvalue weighted by Crippen LogP contribution is -2.25. The van der Waals surface area contributed by atoms with Crippen molar-refractivity contribution in [2.75, 3.05) is 6.61 Å². The van der Waals surface area contributed by atoms with Crippen molar-refractivity contribution in [1.29, 1.82) is 0 Å². The minimum atomic E-state index is 0.136. The summed E-state index contributed by atoms with van der Waals surface area (Å²) in [6.07, 6.45) is 2.01. The zero-order chi connectivity index (χ0) is 12.0. The number of benzene rings is 1. The molecule has 0 radical (unpaired) electrons.